The average Bonchev–Trinajstić information content (AvgIpc) is 2.52. The van der Waals surface area contributed by atoms with Gasteiger partial charge in [-0.05, 0) is 24.6 Å². The Morgan fingerprint density at radius 1 is 1.14 bits per heavy atom. The van der Waals surface area contributed by atoms with Gasteiger partial charge >= 0.3 is 6.09 Å². The fourth-order valence-corrected chi connectivity index (χ4v) is 2.21. The maximum atomic E-state index is 12.1. The summed E-state index contributed by atoms with van der Waals surface area (Å²) < 4.78 is 10.2. The van der Waals surface area contributed by atoms with E-state index in [9.17, 15) is 9.59 Å². The highest BCUT2D eigenvalue weighted by atomic mass is 16.5. The molecule has 0 aromatic heterocycles. The molecule has 0 bridgehead atoms. The van der Waals surface area contributed by atoms with Gasteiger partial charge in [-0.15, -0.1) is 0 Å². The monoisotopic (exact) mass is 292 g/mol. The second kappa shape index (κ2) is 6.97. The van der Waals surface area contributed by atoms with Gasteiger partial charge in [0.25, 0.3) is 5.91 Å². The Kier molecular flexibility index (Phi) is 5.03. The lowest BCUT2D eigenvalue weighted by atomic mass is 10.2. The number of methoxy groups -OCH3 is 1. The molecule has 1 saturated heterocycles. The quantitative estimate of drug-likeness (QED) is 0.842. The standard InChI is InChI=1S/C15H20N2O4/c1-12-4-3-5-13(10-12)21-11-14(18)16-6-8-17(9-7-16)15(19)20-2/h3-5,10H,6-9,11H2,1-2H3. The van der Waals surface area contributed by atoms with E-state index in [-0.39, 0.29) is 18.6 Å². The van der Waals surface area contributed by atoms with E-state index in [1.54, 1.807) is 9.80 Å². The van der Waals surface area contributed by atoms with Crippen LogP contribution in [-0.2, 0) is 9.53 Å². The van der Waals surface area contributed by atoms with Crippen molar-refractivity contribution in [2.45, 2.75) is 6.92 Å². The topological polar surface area (TPSA) is 59.1 Å². The summed E-state index contributed by atoms with van der Waals surface area (Å²) >= 11 is 0. The number of amides is 2. The fraction of sp³-hybridized carbons (Fsp3) is 0.467. The molecule has 0 saturated carbocycles. The smallest absolute Gasteiger partial charge is 0.409 e. The second-order valence-corrected chi connectivity index (χ2v) is 4.94. The zero-order valence-corrected chi connectivity index (χ0v) is 12.4. The Balaban J connectivity index is 1.78. The summed E-state index contributed by atoms with van der Waals surface area (Å²) in [7, 11) is 1.36. The molecular formula is C15H20N2O4. The van der Waals surface area contributed by atoms with Crippen molar-refractivity contribution in [3.63, 3.8) is 0 Å². The zero-order valence-electron chi connectivity index (χ0n) is 12.4. The van der Waals surface area contributed by atoms with Gasteiger partial charge in [0.15, 0.2) is 6.61 Å². The van der Waals surface area contributed by atoms with Gasteiger partial charge in [0, 0.05) is 26.2 Å². The van der Waals surface area contributed by atoms with Crippen molar-refractivity contribution in [1.82, 2.24) is 9.80 Å². The highest BCUT2D eigenvalue weighted by Gasteiger charge is 2.24. The van der Waals surface area contributed by atoms with Crippen molar-refractivity contribution in [3.8, 4) is 5.75 Å². The van der Waals surface area contributed by atoms with Crippen LogP contribution in [0.2, 0.25) is 0 Å². The molecule has 0 N–H and O–H groups in total. The molecule has 0 spiro atoms. The van der Waals surface area contributed by atoms with Gasteiger partial charge in [0.05, 0.1) is 7.11 Å². The lowest BCUT2D eigenvalue weighted by molar-refractivity contribution is -0.134. The fourth-order valence-electron chi connectivity index (χ4n) is 2.21. The van der Waals surface area contributed by atoms with E-state index in [1.807, 2.05) is 31.2 Å². The third-order valence-electron chi connectivity index (χ3n) is 3.42. The van der Waals surface area contributed by atoms with Gasteiger partial charge in [-0.3, -0.25) is 4.79 Å². The number of aryl methyl sites for hydroxylation is 1. The summed E-state index contributed by atoms with van der Waals surface area (Å²) in [5, 5.41) is 0. The molecule has 1 aromatic rings. The van der Waals surface area contributed by atoms with Crippen LogP contribution in [0.4, 0.5) is 4.79 Å². The SMILES string of the molecule is COC(=O)N1CCN(C(=O)COc2cccc(C)c2)CC1. The average molecular weight is 292 g/mol. The van der Waals surface area contributed by atoms with Crippen LogP contribution in [0.3, 0.4) is 0 Å². The van der Waals surface area contributed by atoms with E-state index < -0.39 is 0 Å². The largest absolute Gasteiger partial charge is 0.484 e. The minimum atomic E-state index is -0.349. The number of hydrogen-bond acceptors (Lipinski definition) is 4. The predicted molar refractivity (Wildman–Crippen MR) is 77.2 cm³/mol. The molecule has 1 aliphatic heterocycles. The molecule has 6 nitrogen and oxygen atoms in total. The third-order valence-corrected chi connectivity index (χ3v) is 3.42. The number of hydrogen-bond donors (Lipinski definition) is 0. The van der Waals surface area contributed by atoms with Crippen molar-refractivity contribution in [2.24, 2.45) is 0 Å². The number of benzene rings is 1. The van der Waals surface area contributed by atoms with Gasteiger partial charge in [-0.25, -0.2) is 4.79 Å². The lowest BCUT2D eigenvalue weighted by Crippen LogP contribution is -2.51. The van der Waals surface area contributed by atoms with Crippen molar-refractivity contribution >= 4 is 12.0 Å². The number of ether oxygens (including phenoxy) is 2. The van der Waals surface area contributed by atoms with Gasteiger partial charge in [0.2, 0.25) is 0 Å². The van der Waals surface area contributed by atoms with Crippen LogP contribution in [0, 0.1) is 6.92 Å². The number of nitrogens with zero attached hydrogens (tertiary/aromatic N) is 2. The molecule has 2 rings (SSSR count). The van der Waals surface area contributed by atoms with Crippen molar-refractivity contribution in [2.75, 3.05) is 39.9 Å². The Labute approximate surface area is 124 Å². The molecule has 1 aliphatic rings. The normalized spacial score (nSPS) is 14.8. The molecule has 0 aliphatic carbocycles. The molecule has 0 radical (unpaired) electrons. The first-order valence-corrected chi connectivity index (χ1v) is 6.90. The summed E-state index contributed by atoms with van der Waals surface area (Å²) in [6.45, 7) is 3.98. The highest BCUT2D eigenvalue weighted by Crippen LogP contribution is 2.12. The summed E-state index contributed by atoms with van der Waals surface area (Å²) in [5.41, 5.74) is 1.09. The summed E-state index contributed by atoms with van der Waals surface area (Å²) in [4.78, 5) is 26.7. The first kappa shape index (κ1) is 15.2. The van der Waals surface area contributed by atoms with Crippen molar-refractivity contribution in [3.05, 3.63) is 29.8 Å². The van der Waals surface area contributed by atoms with Crippen molar-refractivity contribution < 1.29 is 19.1 Å². The third kappa shape index (κ3) is 4.11. The van der Waals surface area contributed by atoms with E-state index in [0.717, 1.165) is 5.56 Å². The van der Waals surface area contributed by atoms with Gasteiger partial charge < -0.3 is 19.3 Å². The van der Waals surface area contributed by atoms with E-state index in [4.69, 9.17) is 4.74 Å². The molecule has 0 unspecified atom stereocenters. The van der Waals surface area contributed by atoms with Crippen LogP contribution in [-0.4, -0.2) is 61.7 Å². The number of carbonyl (C=O) groups is 2. The van der Waals surface area contributed by atoms with Crippen LogP contribution >= 0.6 is 0 Å². The summed E-state index contributed by atoms with van der Waals surface area (Å²) in [6.07, 6.45) is -0.349. The minimum Gasteiger partial charge on any atom is -0.484 e. The van der Waals surface area contributed by atoms with Gasteiger partial charge in [0.1, 0.15) is 5.75 Å². The molecule has 6 heteroatoms. The molecule has 0 atom stereocenters. The summed E-state index contributed by atoms with van der Waals surface area (Å²) in [6, 6.07) is 7.59. The van der Waals surface area contributed by atoms with Crippen LogP contribution in [0.25, 0.3) is 0 Å². The van der Waals surface area contributed by atoms with E-state index in [0.29, 0.717) is 31.9 Å². The summed E-state index contributed by atoms with van der Waals surface area (Å²) in [5.74, 6) is 0.623. The Bertz CT molecular complexity index is 510. The lowest BCUT2D eigenvalue weighted by Gasteiger charge is -2.33. The Morgan fingerprint density at radius 3 is 2.43 bits per heavy atom. The van der Waals surface area contributed by atoms with E-state index in [1.165, 1.54) is 7.11 Å². The number of carbonyl (C=O) groups excluding carboxylic acids is 2. The number of rotatable bonds is 3. The van der Waals surface area contributed by atoms with Crippen LogP contribution in [0.1, 0.15) is 5.56 Å². The molecular weight excluding hydrogens is 272 g/mol. The molecule has 21 heavy (non-hydrogen) atoms. The van der Waals surface area contributed by atoms with Gasteiger partial charge in [-0.2, -0.15) is 0 Å². The molecule has 2 amide bonds. The molecule has 1 heterocycles. The first-order valence-electron chi connectivity index (χ1n) is 6.90. The minimum absolute atomic E-state index is 0.0156. The number of piperazine rings is 1. The van der Waals surface area contributed by atoms with E-state index >= 15 is 0 Å². The first-order chi connectivity index (χ1) is 10.1. The van der Waals surface area contributed by atoms with Crippen molar-refractivity contribution in [1.29, 1.82) is 0 Å². The molecule has 1 aromatic carbocycles. The Morgan fingerprint density at radius 2 is 1.81 bits per heavy atom. The van der Waals surface area contributed by atoms with Crippen LogP contribution in [0.15, 0.2) is 24.3 Å². The second-order valence-electron chi connectivity index (χ2n) is 4.94. The maximum absolute atomic E-state index is 12.1. The van der Waals surface area contributed by atoms with Gasteiger partial charge in [-0.1, -0.05) is 12.1 Å². The highest BCUT2D eigenvalue weighted by molar-refractivity contribution is 5.78. The molecule has 114 valence electrons. The Hall–Kier alpha value is -2.24. The molecule has 1 fully saturated rings. The predicted octanol–water partition coefficient (Wildman–Crippen LogP) is 1.28. The van der Waals surface area contributed by atoms with E-state index in [2.05, 4.69) is 4.74 Å². The van der Waals surface area contributed by atoms with Crippen LogP contribution < -0.4 is 4.74 Å². The maximum Gasteiger partial charge on any atom is 0.409 e. The zero-order chi connectivity index (χ0) is 15.2. The van der Waals surface area contributed by atoms with Crippen LogP contribution in [0.5, 0.6) is 5.75 Å².